The Balaban J connectivity index is 1.88. The number of carbonyl (C=O) groups excluding carboxylic acids is 1. The van der Waals surface area contributed by atoms with Crippen LogP contribution in [0.2, 0.25) is 0 Å². The number of pyridine rings is 1. The summed E-state index contributed by atoms with van der Waals surface area (Å²) in [5.74, 6) is 0.891. The monoisotopic (exact) mass is 312 g/mol. The maximum absolute atomic E-state index is 11.9. The number of nitrogens with one attached hydrogen (secondary N) is 2. The van der Waals surface area contributed by atoms with Crippen molar-refractivity contribution in [2.45, 2.75) is 6.92 Å². The second-order valence-electron chi connectivity index (χ2n) is 4.30. The van der Waals surface area contributed by atoms with Crippen LogP contribution in [0.25, 0.3) is 0 Å². The zero-order chi connectivity index (χ0) is 13.0. The third-order valence-corrected chi connectivity index (χ3v) is 3.36. The summed E-state index contributed by atoms with van der Waals surface area (Å²) >= 11 is 3.37. The second kappa shape index (κ2) is 6.15. The van der Waals surface area contributed by atoms with E-state index in [1.165, 1.54) is 0 Å². The minimum absolute atomic E-state index is 0.126. The molecular weight excluding hydrogens is 296 g/mol. The highest BCUT2D eigenvalue weighted by atomic mass is 79.9. The zero-order valence-electron chi connectivity index (χ0n) is 10.4. The number of halogens is 1. The normalized spacial score (nSPS) is 15.6. The van der Waals surface area contributed by atoms with Crippen LogP contribution < -0.4 is 10.6 Å². The van der Waals surface area contributed by atoms with Crippen LogP contribution >= 0.6 is 15.9 Å². The molecule has 5 nitrogen and oxygen atoms in total. The van der Waals surface area contributed by atoms with Crippen LogP contribution in [0.4, 0.5) is 5.82 Å². The molecule has 98 valence electrons. The number of hydrogen-bond donors (Lipinski definition) is 2. The van der Waals surface area contributed by atoms with Gasteiger partial charge in [-0.05, 0) is 34.5 Å². The van der Waals surface area contributed by atoms with Crippen molar-refractivity contribution in [3.8, 4) is 0 Å². The molecular formula is C12H17BrN4O. The highest BCUT2D eigenvalue weighted by Gasteiger charge is 2.15. The van der Waals surface area contributed by atoms with Crippen molar-refractivity contribution < 1.29 is 4.79 Å². The van der Waals surface area contributed by atoms with Crippen LogP contribution in [0.3, 0.4) is 0 Å². The minimum Gasteiger partial charge on any atom is -0.361 e. The Morgan fingerprint density at radius 1 is 1.56 bits per heavy atom. The molecule has 18 heavy (non-hydrogen) atoms. The Bertz CT molecular complexity index is 432. The molecule has 2 heterocycles. The van der Waals surface area contributed by atoms with Crippen LogP contribution in [0.1, 0.15) is 5.56 Å². The first kappa shape index (κ1) is 13.3. The third-order valence-electron chi connectivity index (χ3n) is 2.92. The van der Waals surface area contributed by atoms with E-state index in [-0.39, 0.29) is 5.91 Å². The molecule has 0 bridgehead atoms. The average molecular weight is 313 g/mol. The smallest absolute Gasteiger partial charge is 0.242 e. The Morgan fingerprint density at radius 2 is 2.28 bits per heavy atom. The summed E-state index contributed by atoms with van der Waals surface area (Å²) in [7, 11) is 0. The van der Waals surface area contributed by atoms with Gasteiger partial charge >= 0.3 is 0 Å². The zero-order valence-corrected chi connectivity index (χ0v) is 12.0. The first-order valence-corrected chi connectivity index (χ1v) is 6.80. The number of anilines is 1. The second-order valence-corrected chi connectivity index (χ2v) is 5.22. The van der Waals surface area contributed by atoms with Gasteiger partial charge < -0.3 is 15.5 Å². The summed E-state index contributed by atoms with van der Waals surface area (Å²) in [6, 6.07) is 1.98. The molecule has 0 radical (unpaired) electrons. The molecule has 1 amide bonds. The highest BCUT2D eigenvalue weighted by Crippen LogP contribution is 2.16. The van der Waals surface area contributed by atoms with Crippen molar-refractivity contribution in [1.29, 1.82) is 0 Å². The molecule has 0 unspecified atom stereocenters. The molecule has 2 N–H and O–H groups in total. The van der Waals surface area contributed by atoms with Gasteiger partial charge in [0.25, 0.3) is 0 Å². The van der Waals surface area contributed by atoms with E-state index in [9.17, 15) is 4.79 Å². The van der Waals surface area contributed by atoms with Crippen LogP contribution in [0.5, 0.6) is 0 Å². The number of aryl methyl sites for hydroxylation is 1. The fourth-order valence-corrected chi connectivity index (χ4v) is 2.36. The molecule has 1 aromatic rings. The molecule has 0 aliphatic carbocycles. The van der Waals surface area contributed by atoms with E-state index in [0.717, 1.165) is 42.0 Å². The molecule has 1 fully saturated rings. The lowest BCUT2D eigenvalue weighted by Gasteiger charge is -2.27. The van der Waals surface area contributed by atoms with Gasteiger partial charge in [-0.15, -0.1) is 0 Å². The number of rotatable bonds is 3. The van der Waals surface area contributed by atoms with E-state index in [4.69, 9.17) is 0 Å². The molecule has 0 spiro atoms. The fourth-order valence-electron chi connectivity index (χ4n) is 1.91. The van der Waals surface area contributed by atoms with Crippen LogP contribution in [-0.4, -0.2) is 48.5 Å². The average Bonchev–Trinajstić information content (AvgIpc) is 2.38. The highest BCUT2D eigenvalue weighted by molar-refractivity contribution is 9.10. The van der Waals surface area contributed by atoms with Crippen molar-refractivity contribution in [3.63, 3.8) is 0 Å². The van der Waals surface area contributed by atoms with Crippen molar-refractivity contribution >= 4 is 27.7 Å². The maximum Gasteiger partial charge on any atom is 0.242 e. The van der Waals surface area contributed by atoms with Gasteiger partial charge in [0.1, 0.15) is 5.82 Å². The van der Waals surface area contributed by atoms with Gasteiger partial charge in [0.05, 0.1) is 6.54 Å². The van der Waals surface area contributed by atoms with Gasteiger partial charge in [-0.25, -0.2) is 4.98 Å². The lowest BCUT2D eigenvalue weighted by atomic mass is 10.3. The quantitative estimate of drug-likeness (QED) is 0.874. The summed E-state index contributed by atoms with van der Waals surface area (Å²) in [4.78, 5) is 18.1. The first-order valence-electron chi connectivity index (χ1n) is 6.01. The van der Waals surface area contributed by atoms with Crippen molar-refractivity contribution in [3.05, 3.63) is 22.3 Å². The molecule has 1 aromatic heterocycles. The molecule has 1 aliphatic heterocycles. The summed E-state index contributed by atoms with van der Waals surface area (Å²) in [6.07, 6.45) is 1.73. The minimum atomic E-state index is 0.126. The summed E-state index contributed by atoms with van der Waals surface area (Å²) in [6.45, 7) is 5.59. The standard InChI is InChI=1S/C12H17BrN4O/c1-9-6-10(13)7-15-12(9)16-8-11(18)17-4-2-14-3-5-17/h6-7,14H,2-5,8H2,1H3,(H,15,16). The molecule has 1 aliphatic rings. The Kier molecular flexibility index (Phi) is 4.54. The lowest BCUT2D eigenvalue weighted by Crippen LogP contribution is -2.48. The largest absolute Gasteiger partial charge is 0.361 e. The SMILES string of the molecule is Cc1cc(Br)cnc1NCC(=O)N1CCNCC1. The van der Waals surface area contributed by atoms with Crippen molar-refractivity contribution in [2.24, 2.45) is 0 Å². The fraction of sp³-hybridized carbons (Fsp3) is 0.500. The van der Waals surface area contributed by atoms with Gasteiger partial charge in [-0.3, -0.25) is 4.79 Å². The molecule has 0 saturated carbocycles. The van der Waals surface area contributed by atoms with E-state index in [0.29, 0.717) is 6.54 Å². The first-order chi connectivity index (χ1) is 8.66. The van der Waals surface area contributed by atoms with Gasteiger partial charge in [0, 0.05) is 36.8 Å². The number of carbonyl (C=O) groups is 1. The van der Waals surface area contributed by atoms with Crippen LogP contribution in [0, 0.1) is 6.92 Å². The van der Waals surface area contributed by atoms with E-state index in [1.807, 2.05) is 17.9 Å². The third kappa shape index (κ3) is 3.43. The molecule has 2 rings (SSSR count). The number of nitrogens with zero attached hydrogens (tertiary/aromatic N) is 2. The predicted octanol–water partition coefficient (Wildman–Crippen LogP) is 0.996. The van der Waals surface area contributed by atoms with Crippen LogP contribution in [0.15, 0.2) is 16.7 Å². The summed E-state index contributed by atoms with van der Waals surface area (Å²) < 4.78 is 0.944. The number of aromatic nitrogens is 1. The van der Waals surface area contributed by atoms with Gasteiger partial charge in [0.2, 0.25) is 5.91 Å². The van der Waals surface area contributed by atoms with Gasteiger partial charge in [-0.1, -0.05) is 0 Å². The molecule has 6 heteroatoms. The lowest BCUT2D eigenvalue weighted by molar-refractivity contribution is -0.129. The molecule has 0 aromatic carbocycles. The van der Waals surface area contributed by atoms with Crippen molar-refractivity contribution in [1.82, 2.24) is 15.2 Å². The Labute approximate surface area is 115 Å². The van der Waals surface area contributed by atoms with E-state index < -0.39 is 0 Å². The van der Waals surface area contributed by atoms with Crippen LogP contribution in [-0.2, 0) is 4.79 Å². The molecule has 0 atom stereocenters. The Morgan fingerprint density at radius 3 is 2.94 bits per heavy atom. The van der Waals surface area contributed by atoms with E-state index >= 15 is 0 Å². The predicted molar refractivity (Wildman–Crippen MR) is 74.6 cm³/mol. The Hall–Kier alpha value is -1.14. The van der Waals surface area contributed by atoms with Gasteiger partial charge in [0.15, 0.2) is 0 Å². The number of hydrogen-bond acceptors (Lipinski definition) is 4. The molecule has 1 saturated heterocycles. The summed E-state index contributed by atoms with van der Waals surface area (Å²) in [5, 5.41) is 6.32. The number of amides is 1. The summed E-state index contributed by atoms with van der Waals surface area (Å²) in [5.41, 5.74) is 1.03. The number of piperazine rings is 1. The maximum atomic E-state index is 11.9. The van der Waals surface area contributed by atoms with Crippen molar-refractivity contribution in [2.75, 3.05) is 38.0 Å². The van der Waals surface area contributed by atoms with E-state index in [1.54, 1.807) is 6.20 Å². The van der Waals surface area contributed by atoms with Gasteiger partial charge in [-0.2, -0.15) is 0 Å². The topological polar surface area (TPSA) is 57.3 Å². The van der Waals surface area contributed by atoms with E-state index in [2.05, 4.69) is 31.5 Å².